The molecule has 1 N–H and O–H groups in total. The van der Waals surface area contributed by atoms with Crippen molar-refractivity contribution in [3.05, 3.63) is 70.0 Å². The molecule has 0 aliphatic carbocycles. The number of nitrogens with zero attached hydrogens (tertiary/aromatic N) is 5. The highest BCUT2D eigenvalue weighted by molar-refractivity contribution is 6.05. The summed E-state index contributed by atoms with van der Waals surface area (Å²) in [4.78, 5) is 22.7. The largest absolute Gasteiger partial charge is 0.320 e. The molecule has 2 aromatic heterocycles. The molecule has 3 rings (SSSR count). The average Bonchev–Trinajstić information content (AvgIpc) is 3.23. The second kappa shape index (κ2) is 7.13. The maximum absolute atomic E-state index is 13.7. The molecular formula is C16H15FN6O3. The third kappa shape index (κ3) is 3.58. The molecule has 0 aliphatic heterocycles. The minimum atomic E-state index is -0.714. The van der Waals surface area contributed by atoms with E-state index in [-0.39, 0.29) is 23.7 Å². The monoisotopic (exact) mass is 358 g/mol. The van der Waals surface area contributed by atoms with Crippen LogP contribution in [0.5, 0.6) is 0 Å². The summed E-state index contributed by atoms with van der Waals surface area (Å²) in [6.45, 7) is 2.34. The number of carbonyl (C=O) groups excluding carboxylic acids is 1. The summed E-state index contributed by atoms with van der Waals surface area (Å²) in [6.07, 6.45) is 4.09. The Hall–Kier alpha value is -3.56. The summed E-state index contributed by atoms with van der Waals surface area (Å²) in [7, 11) is 0. The van der Waals surface area contributed by atoms with Gasteiger partial charge in [0.2, 0.25) is 5.69 Å². The zero-order chi connectivity index (χ0) is 18.7. The van der Waals surface area contributed by atoms with Gasteiger partial charge >= 0.3 is 5.69 Å². The lowest BCUT2D eigenvalue weighted by Gasteiger charge is -2.03. The van der Waals surface area contributed by atoms with Crippen LogP contribution in [0.15, 0.2) is 42.9 Å². The van der Waals surface area contributed by atoms with E-state index in [0.717, 1.165) is 0 Å². The molecule has 0 radical (unpaired) electrons. The number of hydrogen-bond acceptors (Lipinski definition) is 5. The average molecular weight is 358 g/mol. The van der Waals surface area contributed by atoms with Crippen molar-refractivity contribution in [2.45, 2.75) is 20.0 Å². The number of benzene rings is 1. The number of anilines is 1. The van der Waals surface area contributed by atoms with Crippen LogP contribution in [0.3, 0.4) is 0 Å². The zero-order valence-corrected chi connectivity index (χ0v) is 13.8. The van der Waals surface area contributed by atoms with E-state index in [4.69, 9.17) is 0 Å². The number of rotatable bonds is 6. The fourth-order valence-electron chi connectivity index (χ4n) is 2.37. The Morgan fingerprint density at radius 1 is 1.31 bits per heavy atom. The van der Waals surface area contributed by atoms with Gasteiger partial charge in [0.15, 0.2) is 0 Å². The third-order valence-electron chi connectivity index (χ3n) is 3.66. The molecule has 0 bridgehead atoms. The molecule has 3 aromatic rings. The number of carbonyl (C=O) groups is 1. The van der Waals surface area contributed by atoms with Crippen molar-refractivity contribution in [3.8, 4) is 0 Å². The van der Waals surface area contributed by atoms with Crippen LogP contribution in [0, 0.1) is 15.9 Å². The summed E-state index contributed by atoms with van der Waals surface area (Å²) in [6, 6.07) is 6.30. The fraction of sp³-hybridized carbons (Fsp3) is 0.188. The minimum Gasteiger partial charge on any atom is -0.318 e. The molecule has 1 aromatic carbocycles. The van der Waals surface area contributed by atoms with E-state index in [9.17, 15) is 19.3 Å². The van der Waals surface area contributed by atoms with Crippen LogP contribution in [0.4, 0.5) is 15.8 Å². The number of aromatic nitrogens is 4. The van der Waals surface area contributed by atoms with Crippen molar-refractivity contribution in [1.82, 2.24) is 19.6 Å². The predicted octanol–water partition coefficient (Wildman–Crippen LogP) is 2.45. The number of nitro groups is 1. The molecule has 134 valence electrons. The van der Waals surface area contributed by atoms with Crippen LogP contribution in [-0.4, -0.2) is 30.4 Å². The van der Waals surface area contributed by atoms with Crippen LogP contribution < -0.4 is 5.32 Å². The van der Waals surface area contributed by atoms with Gasteiger partial charge in [0.25, 0.3) is 5.91 Å². The smallest absolute Gasteiger partial charge is 0.318 e. The van der Waals surface area contributed by atoms with Gasteiger partial charge in [-0.2, -0.15) is 10.2 Å². The van der Waals surface area contributed by atoms with E-state index in [0.29, 0.717) is 17.8 Å². The highest BCUT2D eigenvalue weighted by Gasteiger charge is 2.25. The van der Waals surface area contributed by atoms with Gasteiger partial charge in [0.1, 0.15) is 12.0 Å². The van der Waals surface area contributed by atoms with Gasteiger partial charge in [-0.25, -0.2) is 4.39 Å². The molecule has 26 heavy (non-hydrogen) atoms. The Morgan fingerprint density at radius 2 is 2.08 bits per heavy atom. The molecular weight excluding hydrogens is 343 g/mol. The normalized spacial score (nSPS) is 10.7. The van der Waals surface area contributed by atoms with Gasteiger partial charge in [-0.05, 0) is 13.0 Å². The Balaban J connectivity index is 1.75. The Kier molecular flexibility index (Phi) is 4.74. The molecule has 0 fully saturated rings. The summed E-state index contributed by atoms with van der Waals surface area (Å²) in [5, 5.41) is 21.6. The number of halogens is 1. The molecule has 0 saturated carbocycles. The second-order valence-electron chi connectivity index (χ2n) is 5.45. The first-order valence-corrected chi connectivity index (χ1v) is 7.77. The standard InChI is InChI=1S/C16H15FN6O3/c1-2-21-10-14(23(25)26)15(20-21)16(24)19-12-7-18-22(9-12)8-11-5-3-4-6-13(11)17/h3-7,9-10H,2,8H2,1H3,(H,19,24). The summed E-state index contributed by atoms with van der Waals surface area (Å²) >= 11 is 0. The van der Waals surface area contributed by atoms with Crippen molar-refractivity contribution < 1.29 is 14.1 Å². The van der Waals surface area contributed by atoms with Gasteiger partial charge in [-0.3, -0.25) is 24.3 Å². The summed E-state index contributed by atoms with van der Waals surface area (Å²) < 4.78 is 16.4. The molecule has 0 atom stereocenters. The molecule has 10 heteroatoms. The van der Waals surface area contributed by atoms with E-state index >= 15 is 0 Å². The number of amides is 1. The molecule has 0 unspecified atom stereocenters. The third-order valence-corrected chi connectivity index (χ3v) is 3.66. The van der Waals surface area contributed by atoms with Crippen LogP contribution in [0.1, 0.15) is 23.0 Å². The van der Waals surface area contributed by atoms with Crippen LogP contribution in [0.25, 0.3) is 0 Å². The summed E-state index contributed by atoms with van der Waals surface area (Å²) in [5.74, 6) is -1.07. The number of nitrogens with one attached hydrogen (secondary N) is 1. The van der Waals surface area contributed by atoms with Gasteiger partial charge in [0.05, 0.1) is 23.4 Å². The number of aryl methyl sites for hydroxylation is 1. The summed E-state index contributed by atoms with van der Waals surface area (Å²) in [5.41, 5.74) is 0.124. The van der Waals surface area contributed by atoms with Gasteiger partial charge in [-0.15, -0.1) is 0 Å². The van der Waals surface area contributed by atoms with E-state index in [2.05, 4.69) is 15.5 Å². The Bertz CT molecular complexity index is 965. The first-order valence-electron chi connectivity index (χ1n) is 7.77. The lowest BCUT2D eigenvalue weighted by molar-refractivity contribution is -0.385. The molecule has 1 amide bonds. The maximum Gasteiger partial charge on any atom is 0.320 e. The fourth-order valence-corrected chi connectivity index (χ4v) is 2.37. The topological polar surface area (TPSA) is 108 Å². The second-order valence-corrected chi connectivity index (χ2v) is 5.45. The van der Waals surface area contributed by atoms with Crippen molar-refractivity contribution >= 4 is 17.3 Å². The van der Waals surface area contributed by atoms with Crippen molar-refractivity contribution in [1.29, 1.82) is 0 Å². The predicted molar refractivity (Wildman–Crippen MR) is 90.2 cm³/mol. The van der Waals surface area contributed by atoms with E-state index in [1.165, 1.54) is 34.0 Å². The van der Waals surface area contributed by atoms with Crippen molar-refractivity contribution in [2.24, 2.45) is 0 Å². The first-order chi connectivity index (χ1) is 12.5. The van der Waals surface area contributed by atoms with Gasteiger partial charge < -0.3 is 5.32 Å². The number of hydrogen-bond donors (Lipinski definition) is 1. The SMILES string of the molecule is CCn1cc([N+](=O)[O-])c(C(=O)Nc2cnn(Cc3ccccc3F)c2)n1. The molecule has 0 saturated heterocycles. The highest BCUT2D eigenvalue weighted by atomic mass is 19.1. The molecule has 0 spiro atoms. The Labute approximate surface area is 147 Å². The molecule has 9 nitrogen and oxygen atoms in total. The van der Waals surface area contributed by atoms with E-state index in [1.54, 1.807) is 25.1 Å². The van der Waals surface area contributed by atoms with Crippen molar-refractivity contribution in [2.75, 3.05) is 5.32 Å². The first kappa shape index (κ1) is 17.3. The highest BCUT2D eigenvalue weighted by Crippen LogP contribution is 2.19. The van der Waals surface area contributed by atoms with Crippen LogP contribution in [-0.2, 0) is 13.1 Å². The van der Waals surface area contributed by atoms with E-state index in [1.807, 2.05) is 0 Å². The Morgan fingerprint density at radius 3 is 2.77 bits per heavy atom. The maximum atomic E-state index is 13.7. The van der Waals surface area contributed by atoms with Crippen LogP contribution in [0.2, 0.25) is 0 Å². The molecule has 0 aliphatic rings. The lowest BCUT2D eigenvalue weighted by atomic mass is 10.2. The lowest BCUT2D eigenvalue weighted by Crippen LogP contribution is -2.14. The van der Waals surface area contributed by atoms with Gasteiger partial charge in [0, 0.05) is 18.3 Å². The molecule has 2 heterocycles. The minimum absolute atomic E-state index is 0.188. The zero-order valence-electron chi connectivity index (χ0n) is 13.8. The van der Waals surface area contributed by atoms with Gasteiger partial charge in [-0.1, -0.05) is 18.2 Å². The van der Waals surface area contributed by atoms with Crippen LogP contribution >= 0.6 is 0 Å². The van der Waals surface area contributed by atoms with Crippen molar-refractivity contribution in [3.63, 3.8) is 0 Å². The quantitative estimate of drug-likeness (QED) is 0.538. The van der Waals surface area contributed by atoms with E-state index < -0.39 is 10.8 Å².